The number of pyridine rings is 2. The summed E-state index contributed by atoms with van der Waals surface area (Å²) in [4.78, 5) is 18.5. The van der Waals surface area contributed by atoms with Crippen LogP contribution in [0, 0.1) is 11.7 Å². The van der Waals surface area contributed by atoms with E-state index in [-0.39, 0.29) is 30.3 Å². The molecule has 0 spiro atoms. The van der Waals surface area contributed by atoms with E-state index >= 15 is 0 Å². The Morgan fingerprint density at radius 3 is 2.66 bits per heavy atom. The number of halogens is 1. The molecule has 3 aromatic rings. The van der Waals surface area contributed by atoms with Crippen LogP contribution in [0.1, 0.15) is 49.4 Å². The topological polar surface area (TPSA) is 82.8 Å². The average Bonchev–Trinajstić information content (AvgIpc) is 3.20. The van der Waals surface area contributed by atoms with Crippen LogP contribution >= 0.6 is 0 Å². The van der Waals surface area contributed by atoms with Gasteiger partial charge in [-0.3, -0.25) is 4.79 Å². The van der Waals surface area contributed by atoms with Crippen LogP contribution in [0.5, 0.6) is 11.5 Å². The van der Waals surface area contributed by atoms with Gasteiger partial charge in [0, 0.05) is 22.6 Å². The quantitative estimate of drug-likeness (QED) is 0.476. The average molecular weight is 479 g/mol. The third-order valence-electron chi connectivity index (χ3n) is 7.31. The van der Waals surface area contributed by atoms with Crippen LogP contribution in [0.4, 0.5) is 4.39 Å². The first-order valence-electron chi connectivity index (χ1n) is 12.0. The molecule has 0 amide bonds. The van der Waals surface area contributed by atoms with E-state index in [2.05, 4.69) is 20.4 Å². The summed E-state index contributed by atoms with van der Waals surface area (Å²) in [5.41, 5.74) is 2.82. The van der Waals surface area contributed by atoms with Crippen LogP contribution in [-0.4, -0.2) is 27.9 Å². The molecule has 0 bridgehead atoms. The van der Waals surface area contributed by atoms with Crippen molar-refractivity contribution in [3.8, 4) is 22.9 Å². The van der Waals surface area contributed by atoms with E-state index in [9.17, 15) is 14.3 Å². The van der Waals surface area contributed by atoms with Crippen LogP contribution in [-0.2, 0) is 29.9 Å². The smallest absolute Gasteiger partial charge is 0.258 e. The van der Waals surface area contributed by atoms with Crippen molar-refractivity contribution in [3.63, 3.8) is 0 Å². The van der Waals surface area contributed by atoms with Crippen molar-refractivity contribution in [2.75, 3.05) is 13.2 Å². The van der Waals surface area contributed by atoms with Crippen LogP contribution in [0.25, 0.3) is 22.3 Å². The van der Waals surface area contributed by atoms with Gasteiger partial charge in [-0.2, -0.15) is 0 Å². The van der Waals surface area contributed by atoms with E-state index < -0.39 is 11.4 Å². The van der Waals surface area contributed by atoms with Crippen molar-refractivity contribution in [1.82, 2.24) is 9.55 Å². The SMILES string of the molecule is C=C1OCc2c(cc3n(c2=O)Cc2c-3nc3cc(F)c4c(c3c2CC(C)C)OCCO4)[C@@]1(O)CC. The molecule has 3 aliphatic heterocycles. The van der Waals surface area contributed by atoms with Crippen molar-refractivity contribution in [3.05, 3.63) is 62.9 Å². The fourth-order valence-corrected chi connectivity index (χ4v) is 5.56. The Bertz CT molecular complexity index is 1490. The van der Waals surface area contributed by atoms with Crippen molar-refractivity contribution in [1.29, 1.82) is 0 Å². The zero-order valence-corrected chi connectivity index (χ0v) is 20.0. The van der Waals surface area contributed by atoms with Gasteiger partial charge in [0.25, 0.3) is 5.56 Å². The maximum atomic E-state index is 15.0. The summed E-state index contributed by atoms with van der Waals surface area (Å²) in [6, 6.07) is 3.20. The summed E-state index contributed by atoms with van der Waals surface area (Å²) in [5.74, 6) is 0.496. The number of rotatable bonds is 3. The lowest BCUT2D eigenvalue weighted by Gasteiger charge is -2.35. The van der Waals surface area contributed by atoms with Crippen LogP contribution in [0.3, 0.4) is 0 Å². The summed E-state index contributed by atoms with van der Waals surface area (Å²) in [6.07, 6.45) is 1.01. The van der Waals surface area contributed by atoms with E-state index in [0.717, 1.165) is 16.5 Å². The van der Waals surface area contributed by atoms with Gasteiger partial charge >= 0.3 is 0 Å². The molecule has 3 aliphatic rings. The molecule has 2 aromatic heterocycles. The molecule has 0 unspecified atom stereocenters. The number of fused-ring (bicyclic) bond motifs is 7. The highest BCUT2D eigenvalue weighted by atomic mass is 19.1. The molecule has 0 fully saturated rings. The van der Waals surface area contributed by atoms with Gasteiger partial charge in [-0.1, -0.05) is 27.4 Å². The van der Waals surface area contributed by atoms with Crippen molar-refractivity contribution in [2.24, 2.45) is 5.92 Å². The molecule has 6 rings (SSSR count). The first-order chi connectivity index (χ1) is 16.7. The van der Waals surface area contributed by atoms with E-state index in [1.807, 2.05) is 13.0 Å². The van der Waals surface area contributed by atoms with Crippen LogP contribution < -0.4 is 15.0 Å². The number of hydrogen-bond donors (Lipinski definition) is 1. The second-order valence-electron chi connectivity index (χ2n) is 9.86. The highest BCUT2D eigenvalue weighted by molar-refractivity contribution is 5.95. The summed E-state index contributed by atoms with van der Waals surface area (Å²) >= 11 is 0. The lowest BCUT2D eigenvalue weighted by atomic mass is 9.84. The Kier molecular flexibility index (Phi) is 4.77. The van der Waals surface area contributed by atoms with Crippen molar-refractivity contribution in [2.45, 2.75) is 52.4 Å². The number of aliphatic hydroxyl groups is 1. The Hall–Kier alpha value is -3.39. The maximum absolute atomic E-state index is 15.0. The largest absolute Gasteiger partial charge is 0.490 e. The third-order valence-corrected chi connectivity index (χ3v) is 7.31. The van der Waals surface area contributed by atoms with Gasteiger partial charge in [0.2, 0.25) is 0 Å². The van der Waals surface area contributed by atoms with E-state index in [0.29, 0.717) is 65.7 Å². The molecule has 5 heterocycles. The molecule has 7 nitrogen and oxygen atoms in total. The van der Waals surface area contributed by atoms with Gasteiger partial charge in [0.15, 0.2) is 17.3 Å². The first kappa shape index (κ1) is 22.1. The molecule has 0 aliphatic carbocycles. The van der Waals surface area contributed by atoms with Crippen LogP contribution in [0.2, 0.25) is 0 Å². The van der Waals surface area contributed by atoms with E-state index in [1.54, 1.807) is 4.57 Å². The van der Waals surface area contributed by atoms with Gasteiger partial charge in [-0.05, 0) is 30.4 Å². The van der Waals surface area contributed by atoms with Gasteiger partial charge < -0.3 is 23.9 Å². The zero-order valence-electron chi connectivity index (χ0n) is 20.0. The molecule has 8 heteroatoms. The minimum absolute atomic E-state index is 0.0596. The van der Waals surface area contributed by atoms with Gasteiger partial charge in [0.05, 0.1) is 29.0 Å². The molecule has 1 N–H and O–H groups in total. The lowest BCUT2D eigenvalue weighted by molar-refractivity contribution is -0.0172. The third kappa shape index (κ3) is 2.99. The molecule has 0 saturated carbocycles. The first-order valence-corrected chi connectivity index (χ1v) is 12.0. The predicted octanol–water partition coefficient (Wildman–Crippen LogP) is 4.18. The number of aromatic nitrogens is 2. The number of nitrogens with zero attached hydrogens (tertiary/aromatic N) is 2. The summed E-state index contributed by atoms with van der Waals surface area (Å²) in [5, 5.41) is 12.1. The minimum atomic E-state index is -1.46. The fourth-order valence-electron chi connectivity index (χ4n) is 5.56. The summed E-state index contributed by atoms with van der Waals surface area (Å²) in [6.45, 7) is 10.9. The minimum Gasteiger partial charge on any atom is -0.490 e. The van der Waals surface area contributed by atoms with Gasteiger partial charge in [-0.15, -0.1) is 0 Å². The highest BCUT2D eigenvalue weighted by Crippen LogP contribution is 2.47. The molecule has 1 aromatic carbocycles. The molecular weight excluding hydrogens is 451 g/mol. The number of hydrogen-bond acceptors (Lipinski definition) is 6. The second-order valence-corrected chi connectivity index (χ2v) is 9.86. The molecular formula is C27H27FN2O5. The van der Waals surface area contributed by atoms with Crippen molar-refractivity contribution < 1.29 is 23.7 Å². The standard InChI is InChI=1S/C27H27FN2O5/c1-5-27(32)14(4)35-12-17-18(27)9-21-23-16(11-30(21)26(17)31)15(8-13(2)3)22-20(29-23)10-19(28)24-25(22)34-7-6-33-24/h9-10,13,32H,4-8,11-12H2,1-3H3/t27-/m1/s1. The summed E-state index contributed by atoms with van der Waals surface area (Å²) in [7, 11) is 0. The Morgan fingerprint density at radius 2 is 1.94 bits per heavy atom. The summed E-state index contributed by atoms with van der Waals surface area (Å²) < 4.78 is 33.7. The Morgan fingerprint density at radius 1 is 1.20 bits per heavy atom. The van der Waals surface area contributed by atoms with Gasteiger partial charge in [-0.25, -0.2) is 9.37 Å². The second kappa shape index (κ2) is 7.55. The zero-order chi connectivity index (χ0) is 24.6. The van der Waals surface area contributed by atoms with Crippen molar-refractivity contribution >= 4 is 10.9 Å². The number of benzene rings is 1. The molecule has 0 radical (unpaired) electrons. The Labute approximate surface area is 201 Å². The van der Waals surface area contributed by atoms with E-state index in [4.69, 9.17) is 19.2 Å². The Balaban J connectivity index is 1.67. The van der Waals surface area contributed by atoms with Gasteiger partial charge in [0.1, 0.15) is 31.2 Å². The number of ether oxygens (including phenoxy) is 3. The molecule has 35 heavy (non-hydrogen) atoms. The van der Waals surface area contributed by atoms with E-state index in [1.165, 1.54) is 6.07 Å². The predicted molar refractivity (Wildman–Crippen MR) is 128 cm³/mol. The van der Waals surface area contributed by atoms with Crippen LogP contribution in [0.15, 0.2) is 29.3 Å². The normalized spacial score (nSPS) is 20.0. The molecule has 0 saturated heterocycles. The highest BCUT2D eigenvalue weighted by Gasteiger charge is 2.42. The maximum Gasteiger partial charge on any atom is 0.258 e. The molecule has 182 valence electrons. The monoisotopic (exact) mass is 478 g/mol. The lowest BCUT2D eigenvalue weighted by Crippen LogP contribution is -2.38. The molecule has 1 atom stereocenters. The fraction of sp³-hybridized carbons (Fsp3) is 0.407.